The van der Waals surface area contributed by atoms with E-state index >= 15 is 0 Å². The molecule has 1 aliphatic heterocycles. The van der Waals surface area contributed by atoms with Crippen LogP contribution in [0.4, 0.5) is 0 Å². The first-order chi connectivity index (χ1) is 5.20. The second-order valence-electron chi connectivity index (χ2n) is 4.27. The minimum Gasteiger partial charge on any atom is -0.304 e. The first-order valence-electron chi connectivity index (χ1n) is 4.64. The van der Waals surface area contributed by atoms with Gasteiger partial charge in [-0.1, -0.05) is 26.0 Å². The maximum absolute atomic E-state index is 4.07. The van der Waals surface area contributed by atoms with Crippen molar-refractivity contribution in [3.8, 4) is 0 Å². The summed E-state index contributed by atoms with van der Waals surface area (Å²) < 4.78 is 0. The van der Waals surface area contributed by atoms with Gasteiger partial charge < -0.3 is 5.32 Å². The topological polar surface area (TPSA) is 21.9 Å². The Kier molecular flexibility index (Phi) is 1.57. The molecule has 0 amide bonds. The van der Waals surface area contributed by atoms with Crippen molar-refractivity contribution in [2.75, 3.05) is 0 Å². The van der Waals surface area contributed by atoms with Crippen LogP contribution < -0.4 is 5.32 Å². The molecule has 1 nitrogen and oxygen atoms in total. The predicted octanol–water partition coefficient (Wildman–Crippen LogP) is 1.95. The smallest absolute Gasteiger partial charge is 0.0438 e. The van der Waals surface area contributed by atoms with Gasteiger partial charge in [0.1, 0.15) is 0 Å². The molecule has 0 bridgehead atoms. The van der Waals surface area contributed by atoms with Crippen molar-refractivity contribution in [3.05, 3.63) is 12.2 Å². The average Bonchev–Trinajstić information content (AvgIpc) is 2.66. The van der Waals surface area contributed by atoms with Crippen molar-refractivity contribution in [2.24, 2.45) is 11.8 Å². The zero-order valence-corrected chi connectivity index (χ0v) is 7.43. The minimum atomic E-state index is 0.691. The molecule has 0 aromatic carbocycles. The van der Waals surface area contributed by atoms with Gasteiger partial charge in [0.05, 0.1) is 0 Å². The lowest BCUT2D eigenvalue weighted by Gasteiger charge is -2.24. The minimum absolute atomic E-state index is 0.691. The highest BCUT2D eigenvalue weighted by molar-refractivity contribution is 5.25. The summed E-state index contributed by atoms with van der Waals surface area (Å²) in [6.45, 7) is 8.73. The molecular weight excluding hydrogens is 134 g/mol. The van der Waals surface area contributed by atoms with Crippen molar-refractivity contribution >= 4 is 0 Å². The fraction of sp³-hybridized carbons (Fsp3) is 0.800. The van der Waals surface area contributed by atoms with Gasteiger partial charge in [0.25, 0.3) is 0 Å². The predicted molar refractivity (Wildman–Crippen MR) is 47.4 cm³/mol. The molecule has 1 heteroatoms. The number of hydrogen-bond acceptors (Lipinski definition) is 1. The molecule has 0 aromatic rings. The summed E-state index contributed by atoms with van der Waals surface area (Å²) in [6, 6.07) is 1.48. The molecule has 2 rings (SSSR count). The maximum Gasteiger partial charge on any atom is 0.0438 e. The molecule has 0 spiro atoms. The normalized spacial score (nSPS) is 42.5. The molecule has 0 aromatic heterocycles. The standard InChI is InChI=1S/C10H17N/c1-6(2)8-5-4-7(3)9-10(8)11-9/h6,8-11H,3-5H2,1-2H3. The van der Waals surface area contributed by atoms with E-state index in [1.165, 1.54) is 18.4 Å². The van der Waals surface area contributed by atoms with Crippen LogP contribution >= 0.6 is 0 Å². The Hall–Kier alpha value is -0.300. The highest BCUT2D eigenvalue weighted by Gasteiger charge is 2.47. The van der Waals surface area contributed by atoms with Gasteiger partial charge in [0.2, 0.25) is 0 Å². The van der Waals surface area contributed by atoms with E-state index < -0.39 is 0 Å². The van der Waals surface area contributed by atoms with Crippen LogP contribution in [0.3, 0.4) is 0 Å². The fourth-order valence-electron chi connectivity index (χ4n) is 2.33. The zero-order valence-electron chi connectivity index (χ0n) is 7.43. The van der Waals surface area contributed by atoms with Gasteiger partial charge in [-0.2, -0.15) is 0 Å². The Morgan fingerprint density at radius 3 is 2.91 bits per heavy atom. The molecule has 62 valence electrons. The number of hydrogen-bond donors (Lipinski definition) is 1. The van der Waals surface area contributed by atoms with Crippen LogP contribution in [0.25, 0.3) is 0 Å². The third-order valence-corrected chi connectivity index (χ3v) is 3.18. The lowest BCUT2D eigenvalue weighted by atomic mass is 9.80. The Morgan fingerprint density at radius 2 is 2.27 bits per heavy atom. The molecule has 0 radical (unpaired) electrons. The summed E-state index contributed by atoms with van der Waals surface area (Å²) >= 11 is 0. The first-order valence-corrected chi connectivity index (χ1v) is 4.64. The van der Waals surface area contributed by atoms with Gasteiger partial charge in [-0.05, 0) is 24.7 Å². The summed E-state index contributed by atoms with van der Waals surface area (Å²) in [4.78, 5) is 0. The lowest BCUT2D eigenvalue weighted by molar-refractivity contribution is 0.335. The maximum atomic E-state index is 4.07. The van der Waals surface area contributed by atoms with E-state index in [0.29, 0.717) is 6.04 Å². The van der Waals surface area contributed by atoms with Crippen LogP contribution in [0, 0.1) is 11.8 Å². The molecule has 2 aliphatic rings. The summed E-state index contributed by atoms with van der Waals surface area (Å²) in [7, 11) is 0. The number of fused-ring (bicyclic) bond motifs is 1. The van der Waals surface area contributed by atoms with Gasteiger partial charge in [-0.25, -0.2) is 0 Å². The third-order valence-electron chi connectivity index (χ3n) is 3.18. The van der Waals surface area contributed by atoms with E-state index in [4.69, 9.17) is 0 Å². The third kappa shape index (κ3) is 1.12. The van der Waals surface area contributed by atoms with Crippen LogP contribution in [0.1, 0.15) is 26.7 Å². The second kappa shape index (κ2) is 2.34. The monoisotopic (exact) mass is 151 g/mol. The summed E-state index contributed by atoms with van der Waals surface area (Å²) in [5, 5.41) is 3.51. The van der Waals surface area contributed by atoms with Crippen LogP contribution in [0.5, 0.6) is 0 Å². The van der Waals surface area contributed by atoms with Crippen LogP contribution in [0.15, 0.2) is 12.2 Å². The molecule has 1 saturated heterocycles. The van der Waals surface area contributed by atoms with E-state index in [0.717, 1.165) is 17.9 Å². The largest absolute Gasteiger partial charge is 0.304 e. The zero-order chi connectivity index (χ0) is 8.01. The van der Waals surface area contributed by atoms with Crippen molar-refractivity contribution in [3.63, 3.8) is 0 Å². The molecule has 2 fully saturated rings. The molecular formula is C10H17N. The Labute approximate surface area is 68.9 Å². The lowest BCUT2D eigenvalue weighted by Crippen LogP contribution is -2.22. The fourth-order valence-corrected chi connectivity index (χ4v) is 2.33. The van der Waals surface area contributed by atoms with E-state index in [2.05, 4.69) is 25.7 Å². The van der Waals surface area contributed by atoms with Gasteiger partial charge in [-0.15, -0.1) is 0 Å². The van der Waals surface area contributed by atoms with Crippen LogP contribution in [-0.2, 0) is 0 Å². The average molecular weight is 151 g/mol. The van der Waals surface area contributed by atoms with Gasteiger partial charge in [-0.3, -0.25) is 0 Å². The van der Waals surface area contributed by atoms with Crippen molar-refractivity contribution in [2.45, 2.75) is 38.8 Å². The van der Waals surface area contributed by atoms with Crippen LogP contribution in [-0.4, -0.2) is 12.1 Å². The molecule has 11 heavy (non-hydrogen) atoms. The quantitative estimate of drug-likeness (QED) is 0.449. The Bertz CT molecular complexity index is 183. The molecule has 3 atom stereocenters. The van der Waals surface area contributed by atoms with E-state index in [-0.39, 0.29) is 0 Å². The van der Waals surface area contributed by atoms with Crippen molar-refractivity contribution in [1.29, 1.82) is 0 Å². The molecule has 3 unspecified atom stereocenters. The van der Waals surface area contributed by atoms with E-state index in [9.17, 15) is 0 Å². The summed E-state index contributed by atoms with van der Waals surface area (Å²) in [5.41, 5.74) is 1.44. The van der Waals surface area contributed by atoms with E-state index in [1.54, 1.807) is 0 Å². The van der Waals surface area contributed by atoms with Crippen molar-refractivity contribution < 1.29 is 0 Å². The molecule has 1 aliphatic carbocycles. The Morgan fingerprint density at radius 1 is 1.55 bits per heavy atom. The second-order valence-corrected chi connectivity index (χ2v) is 4.27. The molecule has 1 saturated carbocycles. The number of rotatable bonds is 1. The van der Waals surface area contributed by atoms with Crippen LogP contribution in [0.2, 0.25) is 0 Å². The highest BCUT2D eigenvalue weighted by atomic mass is 15.2. The first kappa shape index (κ1) is 7.35. The summed E-state index contributed by atoms with van der Waals surface area (Å²) in [5.74, 6) is 1.75. The summed E-state index contributed by atoms with van der Waals surface area (Å²) in [6.07, 6.45) is 2.60. The molecule has 1 heterocycles. The van der Waals surface area contributed by atoms with Gasteiger partial charge in [0.15, 0.2) is 0 Å². The van der Waals surface area contributed by atoms with E-state index in [1.807, 2.05) is 0 Å². The van der Waals surface area contributed by atoms with Crippen molar-refractivity contribution in [1.82, 2.24) is 5.32 Å². The Balaban J connectivity index is 2.02. The molecule has 1 N–H and O–H groups in total. The SMILES string of the molecule is C=C1CCC(C(C)C)C2NC12. The van der Waals surface area contributed by atoms with Gasteiger partial charge >= 0.3 is 0 Å². The van der Waals surface area contributed by atoms with Gasteiger partial charge in [0, 0.05) is 12.1 Å². The highest BCUT2D eigenvalue weighted by Crippen LogP contribution is 2.40. The number of nitrogens with one attached hydrogen (secondary N) is 1.